The lowest BCUT2D eigenvalue weighted by molar-refractivity contribution is 0.309. The van der Waals surface area contributed by atoms with Crippen LogP contribution in [-0.4, -0.2) is 27.1 Å². The Bertz CT molecular complexity index is 1020. The third-order valence-electron chi connectivity index (χ3n) is 4.57. The van der Waals surface area contributed by atoms with E-state index in [-0.39, 0.29) is 11.4 Å². The highest BCUT2D eigenvalue weighted by molar-refractivity contribution is 7.92. The number of hydrogen-bond acceptors (Lipinski definition) is 5. The number of aromatic nitrogens is 1. The van der Waals surface area contributed by atoms with Gasteiger partial charge in [0, 0.05) is 6.20 Å². The molecule has 0 aliphatic rings. The number of anilines is 1. The van der Waals surface area contributed by atoms with Gasteiger partial charge in [-0.15, -0.1) is 0 Å². The van der Waals surface area contributed by atoms with Crippen molar-refractivity contribution < 1.29 is 17.9 Å². The van der Waals surface area contributed by atoms with Crippen LogP contribution in [0.1, 0.15) is 25.3 Å². The molecule has 0 aliphatic heterocycles. The lowest BCUT2D eigenvalue weighted by Crippen LogP contribution is -2.31. The van der Waals surface area contributed by atoms with Gasteiger partial charge in [-0.3, -0.25) is 0 Å². The summed E-state index contributed by atoms with van der Waals surface area (Å²) in [5.41, 5.74) is 0.824. The molecule has 0 amide bonds. The Balaban J connectivity index is 1.89. The van der Waals surface area contributed by atoms with Crippen molar-refractivity contribution in [1.82, 2.24) is 4.98 Å². The molecule has 0 saturated heterocycles. The molecule has 30 heavy (non-hydrogen) atoms. The van der Waals surface area contributed by atoms with E-state index in [4.69, 9.17) is 9.47 Å². The predicted molar refractivity (Wildman–Crippen MR) is 117 cm³/mol. The molecule has 0 radical (unpaired) electrons. The van der Waals surface area contributed by atoms with Crippen molar-refractivity contribution >= 4 is 15.8 Å². The van der Waals surface area contributed by atoms with E-state index < -0.39 is 10.0 Å². The maximum atomic E-state index is 13.5. The maximum absolute atomic E-state index is 13.5. The number of unbranched alkanes of at least 4 members (excludes halogenated alkanes) is 1. The molecule has 0 atom stereocenters. The fourth-order valence-corrected chi connectivity index (χ4v) is 4.26. The smallest absolute Gasteiger partial charge is 0.265 e. The minimum absolute atomic E-state index is 0.151. The molecule has 0 bridgehead atoms. The first-order valence-corrected chi connectivity index (χ1v) is 11.3. The van der Waals surface area contributed by atoms with E-state index >= 15 is 0 Å². The molecule has 158 valence electrons. The Morgan fingerprint density at radius 2 is 1.63 bits per heavy atom. The second-order valence-corrected chi connectivity index (χ2v) is 8.58. The van der Waals surface area contributed by atoms with E-state index in [1.54, 1.807) is 67.9 Å². The molecule has 0 spiro atoms. The lowest BCUT2D eigenvalue weighted by atomic mass is 10.2. The third-order valence-corrected chi connectivity index (χ3v) is 6.33. The Labute approximate surface area is 178 Å². The first kappa shape index (κ1) is 21.6. The van der Waals surface area contributed by atoms with Crippen molar-refractivity contribution in [3.05, 3.63) is 78.5 Å². The van der Waals surface area contributed by atoms with Crippen molar-refractivity contribution in [2.24, 2.45) is 0 Å². The van der Waals surface area contributed by atoms with Crippen LogP contribution >= 0.6 is 0 Å². The molecule has 0 fully saturated rings. The highest BCUT2D eigenvalue weighted by Gasteiger charge is 2.26. The van der Waals surface area contributed by atoms with Crippen LogP contribution in [0.25, 0.3) is 0 Å². The van der Waals surface area contributed by atoms with Crippen LogP contribution in [0.4, 0.5) is 5.82 Å². The van der Waals surface area contributed by atoms with Crippen molar-refractivity contribution in [2.75, 3.05) is 18.0 Å². The summed E-state index contributed by atoms with van der Waals surface area (Å²) in [6, 6.07) is 19.0. The summed E-state index contributed by atoms with van der Waals surface area (Å²) in [4.78, 5) is 4.45. The summed E-state index contributed by atoms with van der Waals surface area (Å²) in [5.74, 6) is 1.73. The standard InChI is InChI=1S/C23H26N2O4S/c1-3-4-17-29-21-12-14-22(15-13-21)30(26,27)25(23-7-5-6-16-24-23)18-19-8-10-20(28-2)11-9-19/h5-16H,3-4,17-18H2,1-2H3. The zero-order valence-corrected chi connectivity index (χ0v) is 18.0. The minimum Gasteiger partial charge on any atom is -0.497 e. The van der Waals surface area contributed by atoms with E-state index in [1.807, 2.05) is 12.1 Å². The van der Waals surface area contributed by atoms with Crippen molar-refractivity contribution in [1.29, 1.82) is 0 Å². The van der Waals surface area contributed by atoms with Crippen LogP contribution in [0.3, 0.4) is 0 Å². The van der Waals surface area contributed by atoms with E-state index in [9.17, 15) is 8.42 Å². The Morgan fingerprint density at radius 3 is 2.23 bits per heavy atom. The normalized spacial score (nSPS) is 11.1. The monoisotopic (exact) mass is 426 g/mol. The number of benzene rings is 2. The summed E-state index contributed by atoms with van der Waals surface area (Å²) in [6.07, 6.45) is 3.57. The second kappa shape index (κ2) is 10.1. The predicted octanol–water partition coefficient (Wildman–Crippen LogP) is 4.66. The molecular formula is C23H26N2O4S. The number of sulfonamides is 1. The Hall–Kier alpha value is -3.06. The Morgan fingerprint density at radius 1 is 0.933 bits per heavy atom. The first-order chi connectivity index (χ1) is 14.5. The van der Waals surface area contributed by atoms with Crippen LogP contribution in [0, 0.1) is 0 Å². The number of nitrogens with zero attached hydrogens (tertiary/aromatic N) is 2. The lowest BCUT2D eigenvalue weighted by Gasteiger charge is -2.24. The number of rotatable bonds is 10. The highest BCUT2D eigenvalue weighted by atomic mass is 32.2. The van der Waals surface area contributed by atoms with Crippen molar-refractivity contribution in [3.63, 3.8) is 0 Å². The highest BCUT2D eigenvalue weighted by Crippen LogP contribution is 2.26. The average Bonchev–Trinajstić information content (AvgIpc) is 2.79. The van der Waals surface area contributed by atoms with Crippen LogP contribution in [0.2, 0.25) is 0 Å². The summed E-state index contributed by atoms with van der Waals surface area (Å²) in [5, 5.41) is 0. The van der Waals surface area contributed by atoms with Gasteiger partial charge < -0.3 is 9.47 Å². The minimum atomic E-state index is -3.83. The molecule has 7 heteroatoms. The average molecular weight is 427 g/mol. The Kier molecular flexibility index (Phi) is 7.30. The largest absolute Gasteiger partial charge is 0.497 e. The van der Waals surface area contributed by atoms with Gasteiger partial charge in [0.05, 0.1) is 25.2 Å². The molecule has 0 N–H and O–H groups in total. The maximum Gasteiger partial charge on any atom is 0.265 e. The van der Waals surface area contributed by atoms with Gasteiger partial charge in [-0.05, 0) is 60.5 Å². The summed E-state index contributed by atoms with van der Waals surface area (Å²) < 4.78 is 39.0. The van der Waals surface area contributed by atoms with Crippen LogP contribution < -0.4 is 13.8 Å². The number of methoxy groups -OCH3 is 1. The molecule has 0 unspecified atom stereocenters. The number of pyridine rings is 1. The van der Waals surface area contributed by atoms with E-state index in [0.29, 0.717) is 23.9 Å². The van der Waals surface area contributed by atoms with Crippen molar-refractivity contribution in [3.8, 4) is 11.5 Å². The molecule has 0 saturated carbocycles. The summed E-state index contributed by atoms with van der Waals surface area (Å²) >= 11 is 0. The van der Waals surface area contributed by atoms with Gasteiger partial charge in [0.2, 0.25) is 0 Å². The van der Waals surface area contributed by atoms with Crippen LogP contribution in [0.15, 0.2) is 77.8 Å². The van der Waals surface area contributed by atoms with Gasteiger partial charge in [-0.2, -0.15) is 0 Å². The van der Waals surface area contributed by atoms with Gasteiger partial charge in [0.1, 0.15) is 17.3 Å². The zero-order valence-electron chi connectivity index (χ0n) is 17.2. The van der Waals surface area contributed by atoms with Gasteiger partial charge in [-0.25, -0.2) is 17.7 Å². The van der Waals surface area contributed by atoms with E-state index in [2.05, 4.69) is 11.9 Å². The van der Waals surface area contributed by atoms with Crippen LogP contribution in [0.5, 0.6) is 11.5 Å². The quantitative estimate of drug-likeness (QED) is 0.441. The van der Waals surface area contributed by atoms with Crippen molar-refractivity contribution in [2.45, 2.75) is 31.2 Å². The SMILES string of the molecule is CCCCOc1ccc(S(=O)(=O)N(Cc2ccc(OC)cc2)c2ccccn2)cc1. The molecule has 3 rings (SSSR count). The van der Waals surface area contributed by atoms with E-state index in [0.717, 1.165) is 18.4 Å². The summed E-state index contributed by atoms with van der Waals surface area (Å²) in [6.45, 7) is 2.85. The molecular weight excluding hydrogens is 400 g/mol. The summed E-state index contributed by atoms with van der Waals surface area (Å²) in [7, 11) is -2.23. The van der Waals surface area contributed by atoms with Gasteiger partial charge >= 0.3 is 0 Å². The van der Waals surface area contributed by atoms with Gasteiger partial charge in [0.25, 0.3) is 10.0 Å². The molecule has 3 aromatic rings. The molecule has 1 aromatic heterocycles. The number of ether oxygens (including phenoxy) is 2. The zero-order chi connectivity index (χ0) is 21.4. The van der Waals surface area contributed by atoms with Gasteiger partial charge in [-0.1, -0.05) is 31.5 Å². The fraction of sp³-hybridized carbons (Fsp3) is 0.261. The molecule has 0 aliphatic carbocycles. The number of hydrogen-bond donors (Lipinski definition) is 0. The second-order valence-electron chi connectivity index (χ2n) is 6.72. The fourth-order valence-electron chi connectivity index (χ4n) is 2.86. The molecule has 2 aromatic carbocycles. The molecule has 1 heterocycles. The first-order valence-electron chi connectivity index (χ1n) is 9.84. The molecule has 6 nitrogen and oxygen atoms in total. The van der Waals surface area contributed by atoms with Gasteiger partial charge in [0.15, 0.2) is 0 Å². The van der Waals surface area contributed by atoms with E-state index in [1.165, 1.54) is 4.31 Å². The third kappa shape index (κ3) is 5.30. The van der Waals surface area contributed by atoms with Crippen LogP contribution in [-0.2, 0) is 16.6 Å². The topological polar surface area (TPSA) is 68.7 Å².